The second-order valence-electron chi connectivity index (χ2n) is 5.67. The largest absolute Gasteiger partial charge is 0.390 e. The van der Waals surface area contributed by atoms with Crippen molar-refractivity contribution in [3.63, 3.8) is 0 Å². The zero-order valence-electron chi connectivity index (χ0n) is 10.2. The first-order valence-electron chi connectivity index (χ1n) is 6.00. The Hall–Kier alpha value is -0.860. The normalized spacial score (nSPS) is 18.5. The standard InChI is InChI=1S/C14H21NO/c1-13(2,16)8-7-11-3-5-12(6-4-11)14(15)9-10-14/h3-6,16H,7-10,15H2,1-2H3. The third-order valence-corrected chi connectivity index (χ3v) is 3.34. The van der Waals surface area contributed by atoms with Crippen molar-refractivity contribution in [2.24, 2.45) is 5.73 Å². The summed E-state index contributed by atoms with van der Waals surface area (Å²) >= 11 is 0. The summed E-state index contributed by atoms with van der Waals surface area (Å²) in [5.74, 6) is 0. The predicted molar refractivity (Wildman–Crippen MR) is 66.2 cm³/mol. The van der Waals surface area contributed by atoms with Crippen LogP contribution in [0, 0.1) is 0 Å². The highest BCUT2D eigenvalue weighted by atomic mass is 16.3. The van der Waals surface area contributed by atoms with Crippen molar-refractivity contribution >= 4 is 0 Å². The van der Waals surface area contributed by atoms with E-state index >= 15 is 0 Å². The Bertz CT molecular complexity index is 357. The zero-order valence-corrected chi connectivity index (χ0v) is 10.2. The molecule has 1 saturated carbocycles. The highest BCUT2D eigenvalue weighted by molar-refractivity contribution is 5.32. The van der Waals surface area contributed by atoms with E-state index in [4.69, 9.17) is 5.73 Å². The van der Waals surface area contributed by atoms with Crippen molar-refractivity contribution in [3.05, 3.63) is 35.4 Å². The third kappa shape index (κ3) is 2.83. The van der Waals surface area contributed by atoms with E-state index in [1.807, 2.05) is 13.8 Å². The summed E-state index contributed by atoms with van der Waals surface area (Å²) in [4.78, 5) is 0. The fraction of sp³-hybridized carbons (Fsp3) is 0.571. The number of aryl methyl sites for hydroxylation is 1. The van der Waals surface area contributed by atoms with Crippen LogP contribution in [0.4, 0.5) is 0 Å². The Kier molecular flexibility index (Phi) is 2.81. The van der Waals surface area contributed by atoms with E-state index in [-0.39, 0.29) is 5.54 Å². The molecule has 2 nitrogen and oxygen atoms in total. The topological polar surface area (TPSA) is 46.2 Å². The average molecular weight is 219 g/mol. The summed E-state index contributed by atoms with van der Waals surface area (Å²) in [7, 11) is 0. The maximum Gasteiger partial charge on any atom is 0.0594 e. The maximum absolute atomic E-state index is 9.65. The average Bonchev–Trinajstić information content (AvgIpc) is 2.95. The Morgan fingerprint density at radius 3 is 2.25 bits per heavy atom. The van der Waals surface area contributed by atoms with Crippen LogP contribution in [0.1, 0.15) is 44.2 Å². The van der Waals surface area contributed by atoms with Gasteiger partial charge in [-0.2, -0.15) is 0 Å². The van der Waals surface area contributed by atoms with E-state index in [2.05, 4.69) is 24.3 Å². The molecule has 0 amide bonds. The van der Waals surface area contributed by atoms with Crippen molar-refractivity contribution in [1.82, 2.24) is 0 Å². The summed E-state index contributed by atoms with van der Waals surface area (Å²) in [6.07, 6.45) is 3.92. The van der Waals surface area contributed by atoms with Crippen LogP contribution in [0.25, 0.3) is 0 Å². The lowest BCUT2D eigenvalue weighted by Gasteiger charge is -2.17. The van der Waals surface area contributed by atoms with E-state index < -0.39 is 5.60 Å². The molecule has 0 spiro atoms. The lowest BCUT2D eigenvalue weighted by atomic mass is 9.97. The molecule has 2 heteroatoms. The second kappa shape index (κ2) is 3.86. The third-order valence-electron chi connectivity index (χ3n) is 3.34. The van der Waals surface area contributed by atoms with Crippen LogP contribution >= 0.6 is 0 Å². The van der Waals surface area contributed by atoms with Gasteiger partial charge in [0, 0.05) is 5.54 Å². The molecule has 0 unspecified atom stereocenters. The molecular formula is C14H21NO. The van der Waals surface area contributed by atoms with E-state index in [0.29, 0.717) is 0 Å². The first kappa shape index (κ1) is 11.6. The van der Waals surface area contributed by atoms with Crippen LogP contribution in [-0.2, 0) is 12.0 Å². The predicted octanol–water partition coefficient (Wildman–Crippen LogP) is 2.34. The molecule has 0 atom stereocenters. The molecule has 0 radical (unpaired) electrons. The molecule has 1 aromatic carbocycles. The lowest BCUT2D eigenvalue weighted by Crippen LogP contribution is -2.20. The second-order valence-corrected chi connectivity index (χ2v) is 5.67. The van der Waals surface area contributed by atoms with Crippen LogP contribution in [0.5, 0.6) is 0 Å². The summed E-state index contributed by atoms with van der Waals surface area (Å²) in [5, 5.41) is 9.65. The van der Waals surface area contributed by atoms with Crippen LogP contribution in [0.3, 0.4) is 0 Å². The highest BCUT2D eigenvalue weighted by Crippen LogP contribution is 2.42. The highest BCUT2D eigenvalue weighted by Gasteiger charge is 2.39. The van der Waals surface area contributed by atoms with Gasteiger partial charge >= 0.3 is 0 Å². The van der Waals surface area contributed by atoms with Crippen molar-refractivity contribution in [1.29, 1.82) is 0 Å². The maximum atomic E-state index is 9.65. The van der Waals surface area contributed by atoms with Crippen molar-refractivity contribution < 1.29 is 5.11 Å². The zero-order chi connectivity index (χ0) is 11.8. The van der Waals surface area contributed by atoms with E-state index in [0.717, 1.165) is 25.7 Å². The van der Waals surface area contributed by atoms with Gasteiger partial charge in [-0.3, -0.25) is 0 Å². The summed E-state index contributed by atoms with van der Waals surface area (Å²) in [5.41, 5.74) is 8.03. The van der Waals surface area contributed by atoms with Crippen molar-refractivity contribution in [2.75, 3.05) is 0 Å². The molecule has 0 aliphatic heterocycles. The van der Waals surface area contributed by atoms with Gasteiger partial charge in [0.05, 0.1) is 5.60 Å². The van der Waals surface area contributed by atoms with Crippen molar-refractivity contribution in [2.45, 2.75) is 50.7 Å². The van der Waals surface area contributed by atoms with Crippen LogP contribution < -0.4 is 5.73 Å². The molecule has 16 heavy (non-hydrogen) atoms. The molecule has 0 saturated heterocycles. The van der Waals surface area contributed by atoms with Gasteiger partial charge in [0.2, 0.25) is 0 Å². The molecule has 0 heterocycles. The molecule has 0 aromatic heterocycles. The molecule has 1 aliphatic rings. The smallest absolute Gasteiger partial charge is 0.0594 e. The van der Waals surface area contributed by atoms with E-state index in [9.17, 15) is 5.11 Å². The van der Waals surface area contributed by atoms with Gasteiger partial charge in [0.25, 0.3) is 0 Å². The first-order chi connectivity index (χ1) is 7.39. The minimum absolute atomic E-state index is 0.0330. The van der Waals surface area contributed by atoms with Crippen LogP contribution in [0.2, 0.25) is 0 Å². The van der Waals surface area contributed by atoms with Gasteiger partial charge in [0.15, 0.2) is 0 Å². The van der Waals surface area contributed by atoms with Gasteiger partial charge in [-0.1, -0.05) is 24.3 Å². The van der Waals surface area contributed by atoms with Crippen molar-refractivity contribution in [3.8, 4) is 0 Å². The quantitative estimate of drug-likeness (QED) is 0.816. The van der Waals surface area contributed by atoms with Crippen LogP contribution in [0.15, 0.2) is 24.3 Å². The molecule has 1 aliphatic carbocycles. The molecule has 88 valence electrons. The summed E-state index contributed by atoms with van der Waals surface area (Å²) in [6, 6.07) is 8.53. The number of nitrogens with two attached hydrogens (primary N) is 1. The number of aliphatic hydroxyl groups is 1. The van der Waals surface area contributed by atoms with E-state index in [1.54, 1.807) is 0 Å². The van der Waals surface area contributed by atoms with Gasteiger partial charge in [-0.05, 0) is 50.7 Å². The van der Waals surface area contributed by atoms with Gasteiger partial charge in [-0.25, -0.2) is 0 Å². The minimum atomic E-state index is -0.579. The SMILES string of the molecule is CC(C)(O)CCc1ccc(C2(N)CC2)cc1. The molecule has 0 bridgehead atoms. The fourth-order valence-electron chi connectivity index (χ4n) is 1.88. The Labute approximate surface area is 97.5 Å². The van der Waals surface area contributed by atoms with Gasteiger partial charge in [-0.15, -0.1) is 0 Å². The van der Waals surface area contributed by atoms with Gasteiger partial charge < -0.3 is 10.8 Å². The fourth-order valence-corrected chi connectivity index (χ4v) is 1.88. The minimum Gasteiger partial charge on any atom is -0.390 e. The first-order valence-corrected chi connectivity index (χ1v) is 6.00. The van der Waals surface area contributed by atoms with Gasteiger partial charge in [0.1, 0.15) is 0 Å². The molecule has 3 N–H and O–H groups in total. The summed E-state index contributed by atoms with van der Waals surface area (Å²) < 4.78 is 0. The van der Waals surface area contributed by atoms with Crippen LogP contribution in [-0.4, -0.2) is 10.7 Å². The number of rotatable bonds is 4. The number of benzene rings is 1. The molecule has 1 aromatic rings. The van der Waals surface area contributed by atoms with E-state index in [1.165, 1.54) is 11.1 Å². The molecular weight excluding hydrogens is 198 g/mol. The Morgan fingerprint density at radius 2 is 1.81 bits per heavy atom. The number of hydrogen-bond acceptors (Lipinski definition) is 2. The lowest BCUT2D eigenvalue weighted by molar-refractivity contribution is 0.0714. The Morgan fingerprint density at radius 1 is 1.25 bits per heavy atom. The summed E-state index contributed by atoms with van der Waals surface area (Å²) in [6.45, 7) is 3.70. The number of hydrogen-bond donors (Lipinski definition) is 2. The monoisotopic (exact) mass is 219 g/mol. The Balaban J connectivity index is 1.97. The molecule has 1 fully saturated rings. The molecule has 2 rings (SSSR count).